The van der Waals surface area contributed by atoms with E-state index in [1.807, 2.05) is 30.3 Å². The smallest absolute Gasteiger partial charge is 0.157 e. The van der Waals surface area contributed by atoms with Crippen LogP contribution in [0.25, 0.3) is 0 Å². The van der Waals surface area contributed by atoms with Crippen LogP contribution < -0.4 is 0 Å². The number of carbonyl (C=O) groups is 1. The highest BCUT2D eigenvalue weighted by Gasteiger charge is 2.32. The number of likely N-dealkylation sites (tertiary alicyclic amines) is 1. The van der Waals surface area contributed by atoms with E-state index in [4.69, 9.17) is 11.6 Å². The second-order valence-corrected chi connectivity index (χ2v) is 6.93. The quantitative estimate of drug-likeness (QED) is 0.799. The number of hydrogen-bond acceptors (Lipinski definition) is 3. The van der Waals surface area contributed by atoms with Crippen molar-refractivity contribution in [2.45, 2.75) is 25.3 Å². The predicted octanol–water partition coefficient (Wildman–Crippen LogP) is 4.43. The van der Waals surface area contributed by atoms with Gasteiger partial charge in [0.2, 0.25) is 0 Å². The molecule has 1 fully saturated rings. The molecule has 1 heterocycles. The van der Waals surface area contributed by atoms with Crippen LogP contribution in [0.3, 0.4) is 0 Å². The van der Waals surface area contributed by atoms with Crippen molar-refractivity contribution in [3.8, 4) is 6.07 Å². The molecule has 0 N–H and O–H groups in total. The van der Waals surface area contributed by atoms with Gasteiger partial charge in [0.25, 0.3) is 0 Å². The molecule has 0 spiro atoms. The zero-order valence-electron chi connectivity index (χ0n) is 14.1. The van der Waals surface area contributed by atoms with Gasteiger partial charge < -0.3 is 0 Å². The van der Waals surface area contributed by atoms with E-state index in [-0.39, 0.29) is 11.7 Å². The molecule has 0 aromatic heterocycles. The SMILES string of the molecule is N#CC(C(=O)C1CCN(Cc2ccccc2)CC1)c1ccccc1Cl. The Hall–Kier alpha value is -2.15. The summed E-state index contributed by atoms with van der Waals surface area (Å²) in [6.07, 6.45) is 1.60. The molecule has 3 nitrogen and oxygen atoms in total. The topological polar surface area (TPSA) is 44.1 Å². The molecule has 2 aromatic carbocycles. The van der Waals surface area contributed by atoms with Crippen LogP contribution in [0.4, 0.5) is 0 Å². The third-order valence-corrected chi connectivity index (χ3v) is 5.21. The Bertz CT molecular complexity index is 761. The van der Waals surface area contributed by atoms with Gasteiger partial charge in [0.1, 0.15) is 5.92 Å². The summed E-state index contributed by atoms with van der Waals surface area (Å²) in [5.74, 6) is -0.817. The molecular weight excluding hydrogens is 332 g/mol. The summed E-state index contributed by atoms with van der Waals surface area (Å²) < 4.78 is 0. The van der Waals surface area contributed by atoms with Crippen LogP contribution in [0.1, 0.15) is 29.9 Å². The summed E-state index contributed by atoms with van der Waals surface area (Å²) in [4.78, 5) is 15.2. The second kappa shape index (κ2) is 8.29. The van der Waals surface area contributed by atoms with Crippen LogP contribution in [-0.4, -0.2) is 23.8 Å². The number of rotatable bonds is 5. The van der Waals surface area contributed by atoms with Gasteiger partial charge in [-0.25, -0.2) is 0 Å². The van der Waals surface area contributed by atoms with Gasteiger partial charge in [0.05, 0.1) is 6.07 Å². The maximum absolute atomic E-state index is 12.8. The van der Waals surface area contributed by atoms with E-state index < -0.39 is 5.92 Å². The number of nitriles is 1. The van der Waals surface area contributed by atoms with Crippen molar-refractivity contribution in [3.63, 3.8) is 0 Å². The zero-order valence-corrected chi connectivity index (χ0v) is 14.8. The molecular formula is C21H21ClN2O. The van der Waals surface area contributed by atoms with Gasteiger partial charge in [-0.1, -0.05) is 60.1 Å². The van der Waals surface area contributed by atoms with Crippen molar-refractivity contribution in [2.75, 3.05) is 13.1 Å². The first-order valence-electron chi connectivity index (χ1n) is 8.63. The molecule has 0 amide bonds. The zero-order chi connectivity index (χ0) is 17.6. The molecule has 3 rings (SSSR count). The minimum atomic E-state index is -0.764. The highest BCUT2D eigenvalue weighted by Crippen LogP contribution is 2.30. The van der Waals surface area contributed by atoms with Gasteiger partial charge in [0.15, 0.2) is 5.78 Å². The van der Waals surface area contributed by atoms with Crippen LogP contribution in [0.2, 0.25) is 5.02 Å². The van der Waals surface area contributed by atoms with E-state index >= 15 is 0 Å². The summed E-state index contributed by atoms with van der Waals surface area (Å²) >= 11 is 6.18. The summed E-state index contributed by atoms with van der Waals surface area (Å²) in [7, 11) is 0. The standard InChI is InChI=1S/C21H21ClN2O/c22-20-9-5-4-8-18(20)19(14-23)21(25)17-10-12-24(13-11-17)15-16-6-2-1-3-7-16/h1-9,17,19H,10-13,15H2. The molecule has 1 aliphatic rings. The maximum Gasteiger partial charge on any atom is 0.157 e. The highest BCUT2D eigenvalue weighted by molar-refractivity contribution is 6.31. The Morgan fingerprint density at radius 1 is 1.12 bits per heavy atom. The van der Waals surface area contributed by atoms with Crippen LogP contribution in [-0.2, 0) is 11.3 Å². The molecule has 4 heteroatoms. The molecule has 128 valence electrons. The summed E-state index contributed by atoms with van der Waals surface area (Å²) in [5.41, 5.74) is 1.92. The fourth-order valence-corrected chi connectivity index (χ4v) is 3.69. The third kappa shape index (κ3) is 4.28. The molecule has 0 bridgehead atoms. The predicted molar refractivity (Wildman–Crippen MR) is 99.3 cm³/mol. The lowest BCUT2D eigenvalue weighted by molar-refractivity contribution is -0.124. The molecule has 0 radical (unpaired) electrons. The van der Waals surface area contributed by atoms with Gasteiger partial charge in [-0.2, -0.15) is 5.26 Å². The van der Waals surface area contributed by atoms with Crippen LogP contribution in [0.15, 0.2) is 54.6 Å². The molecule has 2 aromatic rings. The summed E-state index contributed by atoms with van der Waals surface area (Å²) in [6, 6.07) is 19.7. The first-order valence-corrected chi connectivity index (χ1v) is 9.01. The van der Waals surface area contributed by atoms with E-state index in [9.17, 15) is 10.1 Å². The Morgan fingerprint density at radius 2 is 1.76 bits per heavy atom. The van der Waals surface area contributed by atoms with E-state index in [1.54, 1.807) is 12.1 Å². The average molecular weight is 353 g/mol. The molecule has 25 heavy (non-hydrogen) atoms. The lowest BCUT2D eigenvalue weighted by Crippen LogP contribution is -2.37. The molecule has 1 atom stereocenters. The average Bonchev–Trinajstić information content (AvgIpc) is 2.65. The molecule has 1 aliphatic heterocycles. The summed E-state index contributed by atoms with van der Waals surface area (Å²) in [6.45, 7) is 2.67. The lowest BCUT2D eigenvalue weighted by atomic mass is 9.83. The minimum Gasteiger partial charge on any atom is -0.299 e. The van der Waals surface area contributed by atoms with Crippen LogP contribution >= 0.6 is 11.6 Å². The Labute approximate surface area is 153 Å². The van der Waals surface area contributed by atoms with Crippen molar-refractivity contribution in [1.29, 1.82) is 5.26 Å². The van der Waals surface area contributed by atoms with Crippen molar-refractivity contribution in [1.82, 2.24) is 4.90 Å². The Morgan fingerprint density at radius 3 is 2.40 bits per heavy atom. The number of piperidine rings is 1. The van der Waals surface area contributed by atoms with Gasteiger partial charge >= 0.3 is 0 Å². The van der Waals surface area contributed by atoms with Crippen LogP contribution in [0, 0.1) is 17.2 Å². The van der Waals surface area contributed by atoms with E-state index in [2.05, 4.69) is 23.1 Å². The van der Waals surface area contributed by atoms with E-state index in [1.165, 1.54) is 5.56 Å². The molecule has 1 saturated heterocycles. The fraction of sp³-hybridized carbons (Fsp3) is 0.333. The van der Waals surface area contributed by atoms with Gasteiger partial charge in [-0.3, -0.25) is 9.69 Å². The highest BCUT2D eigenvalue weighted by atomic mass is 35.5. The number of carbonyl (C=O) groups excluding carboxylic acids is 1. The van der Waals surface area contributed by atoms with Crippen molar-refractivity contribution in [3.05, 3.63) is 70.7 Å². The number of hydrogen-bond donors (Lipinski definition) is 0. The normalized spacial score (nSPS) is 17.0. The van der Waals surface area contributed by atoms with Crippen molar-refractivity contribution < 1.29 is 4.79 Å². The van der Waals surface area contributed by atoms with Gasteiger partial charge in [-0.05, 0) is 43.1 Å². The number of benzene rings is 2. The molecule has 1 unspecified atom stereocenters. The largest absolute Gasteiger partial charge is 0.299 e. The Balaban J connectivity index is 1.61. The monoisotopic (exact) mass is 352 g/mol. The number of halogens is 1. The fourth-order valence-electron chi connectivity index (χ4n) is 3.45. The molecule has 0 saturated carbocycles. The molecule has 0 aliphatic carbocycles. The van der Waals surface area contributed by atoms with Gasteiger partial charge in [0, 0.05) is 17.5 Å². The van der Waals surface area contributed by atoms with Crippen LogP contribution in [0.5, 0.6) is 0 Å². The number of nitrogens with zero attached hydrogens (tertiary/aromatic N) is 2. The Kier molecular flexibility index (Phi) is 5.86. The second-order valence-electron chi connectivity index (χ2n) is 6.52. The minimum absolute atomic E-state index is 0.00922. The maximum atomic E-state index is 12.8. The van der Waals surface area contributed by atoms with Crippen molar-refractivity contribution >= 4 is 17.4 Å². The van der Waals surface area contributed by atoms with Crippen molar-refractivity contribution in [2.24, 2.45) is 5.92 Å². The lowest BCUT2D eigenvalue weighted by Gasteiger charge is -2.32. The number of Topliss-reactive ketones (excluding diaryl/α,β-unsaturated/α-hetero) is 1. The first-order chi connectivity index (χ1) is 12.2. The van der Waals surface area contributed by atoms with E-state index in [0.717, 1.165) is 32.5 Å². The third-order valence-electron chi connectivity index (χ3n) is 4.87. The number of ketones is 1. The first kappa shape index (κ1) is 17.7. The summed E-state index contributed by atoms with van der Waals surface area (Å²) in [5, 5.41) is 10.0. The van der Waals surface area contributed by atoms with Gasteiger partial charge in [-0.15, -0.1) is 0 Å². The van der Waals surface area contributed by atoms with E-state index in [0.29, 0.717) is 10.6 Å².